The third-order valence-corrected chi connectivity index (χ3v) is 4.09. The second-order valence-corrected chi connectivity index (χ2v) is 6.15. The molecule has 0 spiro atoms. The topological polar surface area (TPSA) is 101 Å². The van der Waals surface area contributed by atoms with Crippen LogP contribution in [0.3, 0.4) is 0 Å². The van der Waals surface area contributed by atoms with Crippen molar-refractivity contribution in [1.82, 2.24) is 5.32 Å². The van der Waals surface area contributed by atoms with E-state index < -0.39 is 17.7 Å². The van der Waals surface area contributed by atoms with Crippen molar-refractivity contribution in [3.63, 3.8) is 0 Å². The van der Waals surface area contributed by atoms with E-state index in [9.17, 15) is 5.11 Å². The summed E-state index contributed by atoms with van der Waals surface area (Å²) in [6.07, 6.45) is 2.64. The lowest BCUT2D eigenvalue weighted by molar-refractivity contribution is -0.0608. The van der Waals surface area contributed by atoms with Crippen LogP contribution in [-0.4, -0.2) is 28.2 Å². The normalized spacial score (nSPS) is 22.7. The largest absolute Gasteiger partial charge is 0.485 e. The van der Waals surface area contributed by atoms with E-state index in [1.807, 2.05) is 0 Å². The molecule has 0 saturated carbocycles. The van der Waals surface area contributed by atoms with E-state index in [2.05, 4.69) is 16.4 Å². The third-order valence-electron chi connectivity index (χ3n) is 3.50. The zero-order chi connectivity index (χ0) is 16.3. The van der Waals surface area contributed by atoms with Crippen molar-refractivity contribution in [2.75, 3.05) is 6.26 Å². The Morgan fingerprint density at radius 2 is 2.18 bits per heavy atom. The molecule has 7 heteroatoms. The van der Waals surface area contributed by atoms with Gasteiger partial charge in [0, 0.05) is 5.56 Å². The number of nitriles is 2. The van der Waals surface area contributed by atoms with Crippen molar-refractivity contribution < 1.29 is 9.84 Å². The van der Waals surface area contributed by atoms with Crippen molar-refractivity contribution >= 4 is 16.9 Å². The van der Waals surface area contributed by atoms with Crippen LogP contribution in [0.2, 0.25) is 0 Å². The van der Waals surface area contributed by atoms with Gasteiger partial charge >= 0.3 is 0 Å². The fraction of sp³-hybridized carbons (Fsp3) is 0.400. The number of aliphatic hydroxyl groups is 1. The van der Waals surface area contributed by atoms with Crippen molar-refractivity contribution in [3.8, 4) is 18.0 Å². The summed E-state index contributed by atoms with van der Waals surface area (Å²) in [5.74, 6) is 0.601. The van der Waals surface area contributed by atoms with Gasteiger partial charge in [-0.05, 0) is 38.3 Å². The maximum atomic E-state index is 10.6. The summed E-state index contributed by atoms with van der Waals surface area (Å²) < 4.78 is 5.83. The molecular weight excluding hydrogens is 300 g/mol. The minimum Gasteiger partial charge on any atom is -0.485 e. The Labute approximate surface area is 133 Å². The lowest BCUT2D eigenvalue weighted by Gasteiger charge is -2.42. The van der Waals surface area contributed by atoms with Crippen molar-refractivity contribution in [3.05, 3.63) is 29.3 Å². The molecule has 1 aromatic rings. The molecule has 6 nitrogen and oxygen atoms in total. The first-order valence-electron chi connectivity index (χ1n) is 6.61. The SMILES string of the molecule is CSC(=NC#N)N[C@@H]1c2cc(C#N)ccc2OC(C)(C)[C@H]1O. The number of nitrogens with one attached hydrogen (secondary N) is 1. The lowest BCUT2D eigenvalue weighted by Crippen LogP contribution is -2.53. The molecule has 0 bridgehead atoms. The number of amidine groups is 1. The molecule has 0 fully saturated rings. The smallest absolute Gasteiger partial charge is 0.208 e. The lowest BCUT2D eigenvalue weighted by atomic mass is 9.86. The first-order chi connectivity index (χ1) is 10.4. The summed E-state index contributed by atoms with van der Waals surface area (Å²) in [4.78, 5) is 3.69. The number of benzene rings is 1. The predicted octanol–water partition coefficient (Wildman–Crippen LogP) is 1.92. The van der Waals surface area contributed by atoms with Crippen LogP contribution < -0.4 is 10.1 Å². The van der Waals surface area contributed by atoms with E-state index in [0.29, 0.717) is 22.0 Å². The highest BCUT2D eigenvalue weighted by atomic mass is 32.2. The highest BCUT2D eigenvalue weighted by molar-refractivity contribution is 8.13. The number of fused-ring (bicyclic) bond motifs is 1. The van der Waals surface area contributed by atoms with Gasteiger partial charge in [-0.3, -0.25) is 0 Å². The number of nitrogens with zero attached hydrogens (tertiary/aromatic N) is 3. The molecule has 0 amide bonds. The Bertz CT molecular complexity index is 688. The van der Waals surface area contributed by atoms with E-state index in [1.165, 1.54) is 11.8 Å². The number of aliphatic imine (C=N–C) groups is 1. The van der Waals surface area contributed by atoms with Gasteiger partial charge in [-0.25, -0.2) is 0 Å². The van der Waals surface area contributed by atoms with E-state index in [1.54, 1.807) is 44.5 Å². The number of ether oxygens (including phenoxy) is 1. The van der Waals surface area contributed by atoms with Gasteiger partial charge in [0.25, 0.3) is 0 Å². The highest BCUT2D eigenvalue weighted by Gasteiger charge is 2.43. The minimum absolute atomic E-state index is 0.401. The molecule has 2 atom stereocenters. The van der Waals surface area contributed by atoms with Gasteiger partial charge in [0.1, 0.15) is 17.5 Å². The maximum Gasteiger partial charge on any atom is 0.208 e. The number of aliphatic hydroxyl groups excluding tert-OH is 1. The molecule has 1 aromatic carbocycles. The summed E-state index contributed by atoms with van der Waals surface area (Å²) >= 11 is 1.27. The van der Waals surface area contributed by atoms with Crippen LogP contribution in [-0.2, 0) is 0 Å². The number of rotatable bonds is 1. The third kappa shape index (κ3) is 3.01. The molecule has 0 radical (unpaired) electrons. The first-order valence-corrected chi connectivity index (χ1v) is 7.84. The van der Waals surface area contributed by atoms with Crippen molar-refractivity contribution in [1.29, 1.82) is 10.5 Å². The van der Waals surface area contributed by atoms with Gasteiger partial charge in [-0.1, -0.05) is 11.8 Å². The molecule has 2 N–H and O–H groups in total. The molecule has 0 saturated heterocycles. The Balaban J connectivity index is 2.49. The predicted molar refractivity (Wildman–Crippen MR) is 84.3 cm³/mol. The van der Waals surface area contributed by atoms with Crippen molar-refractivity contribution in [2.45, 2.75) is 31.6 Å². The van der Waals surface area contributed by atoms with Crippen molar-refractivity contribution in [2.24, 2.45) is 4.99 Å². The van der Waals surface area contributed by atoms with Gasteiger partial charge in [0.15, 0.2) is 5.17 Å². The van der Waals surface area contributed by atoms with Gasteiger partial charge in [-0.15, -0.1) is 4.99 Å². The zero-order valence-corrected chi connectivity index (χ0v) is 13.3. The van der Waals surface area contributed by atoms with E-state index >= 15 is 0 Å². The molecule has 1 aliphatic heterocycles. The number of hydrogen-bond acceptors (Lipinski definition) is 6. The summed E-state index contributed by atoms with van der Waals surface area (Å²) in [5.41, 5.74) is 0.337. The van der Waals surface area contributed by atoms with E-state index in [0.717, 1.165) is 0 Å². The Kier molecular flexibility index (Phi) is 4.60. The molecule has 0 aromatic heterocycles. The average Bonchev–Trinajstić information content (AvgIpc) is 2.50. The number of thioether (sulfide) groups is 1. The molecule has 1 heterocycles. The summed E-state index contributed by atoms with van der Waals surface area (Å²) in [6.45, 7) is 3.57. The quantitative estimate of drug-likeness (QED) is 0.466. The molecule has 1 aliphatic rings. The zero-order valence-electron chi connectivity index (χ0n) is 12.5. The second kappa shape index (κ2) is 6.27. The standard InChI is InChI=1S/C15H16N4O2S/c1-15(2)13(20)12(19-14(22-3)18-8-17)10-6-9(7-16)4-5-11(10)21-15/h4-6,12-13,20H,1-3H3,(H,18,19)/t12-,13+/m1/s1. The second-order valence-electron chi connectivity index (χ2n) is 5.36. The summed E-state index contributed by atoms with van der Waals surface area (Å²) in [6, 6.07) is 6.62. The van der Waals surface area contributed by atoms with Gasteiger partial charge in [0.2, 0.25) is 6.19 Å². The Hall–Kier alpha value is -2.22. The average molecular weight is 316 g/mol. The van der Waals surface area contributed by atoms with Crippen LogP contribution in [0.5, 0.6) is 5.75 Å². The molecule has 2 rings (SSSR count). The van der Waals surface area contributed by atoms with Gasteiger partial charge in [0.05, 0.1) is 17.7 Å². The Morgan fingerprint density at radius 1 is 1.45 bits per heavy atom. The molecular formula is C15H16N4O2S. The van der Waals surface area contributed by atoms with Gasteiger partial charge in [-0.2, -0.15) is 10.5 Å². The van der Waals surface area contributed by atoms with E-state index in [4.69, 9.17) is 15.3 Å². The summed E-state index contributed by atoms with van der Waals surface area (Å²) in [5, 5.41) is 31.9. The highest BCUT2D eigenvalue weighted by Crippen LogP contribution is 2.40. The van der Waals surface area contributed by atoms with Crippen LogP contribution in [0, 0.1) is 22.8 Å². The fourth-order valence-corrected chi connectivity index (χ4v) is 2.72. The molecule has 22 heavy (non-hydrogen) atoms. The first kappa shape index (κ1) is 16.2. The molecule has 0 aliphatic carbocycles. The van der Waals surface area contributed by atoms with Crippen LogP contribution in [0.1, 0.15) is 31.0 Å². The van der Waals surface area contributed by atoms with Crippen LogP contribution in [0.15, 0.2) is 23.2 Å². The molecule has 114 valence electrons. The monoisotopic (exact) mass is 316 g/mol. The fourth-order valence-electron chi connectivity index (χ4n) is 2.34. The minimum atomic E-state index is -0.870. The van der Waals surface area contributed by atoms with Crippen LogP contribution in [0.4, 0.5) is 0 Å². The van der Waals surface area contributed by atoms with E-state index in [-0.39, 0.29) is 0 Å². The van der Waals surface area contributed by atoms with Crippen LogP contribution >= 0.6 is 11.8 Å². The van der Waals surface area contributed by atoms with Crippen LogP contribution in [0.25, 0.3) is 0 Å². The number of hydrogen-bond donors (Lipinski definition) is 2. The maximum absolute atomic E-state index is 10.6. The Morgan fingerprint density at radius 3 is 2.77 bits per heavy atom. The summed E-state index contributed by atoms with van der Waals surface area (Å²) in [7, 11) is 0. The van der Waals surface area contributed by atoms with Gasteiger partial charge < -0.3 is 15.2 Å². The molecule has 0 unspecified atom stereocenters.